The number of allylic oxidation sites excluding steroid dienone is 3. The molecular weight excluding hydrogens is 679 g/mol. The fourth-order valence-corrected chi connectivity index (χ4v) is 7.71. The van der Waals surface area contributed by atoms with E-state index < -0.39 is 18.2 Å². The molecule has 0 saturated heterocycles. The molecule has 0 heterocycles. The maximum atomic E-state index is 12.5. The van der Waals surface area contributed by atoms with Gasteiger partial charge in [-0.15, -0.1) is 0 Å². The summed E-state index contributed by atoms with van der Waals surface area (Å²) >= 11 is 0. The van der Waals surface area contributed by atoms with Crippen LogP contribution in [0.25, 0.3) is 0 Å². The van der Waals surface area contributed by atoms with Gasteiger partial charge in [0.05, 0.1) is 31.3 Å². The molecule has 0 bridgehead atoms. The molecule has 0 aromatic heterocycles. The Morgan fingerprint density at radius 3 is 1.16 bits per heavy atom. The number of nitrogens with one attached hydrogen (secondary N) is 1. The van der Waals surface area contributed by atoms with E-state index in [1.165, 1.54) is 205 Å². The number of hydrogen-bond acceptors (Lipinski definition) is 4. The molecule has 0 rings (SSSR count). The molecule has 0 fully saturated rings. The lowest BCUT2D eigenvalue weighted by molar-refractivity contribution is -0.124. The van der Waals surface area contributed by atoms with Crippen molar-refractivity contribution in [3.05, 3.63) is 24.3 Å². The molecule has 3 atom stereocenters. The van der Waals surface area contributed by atoms with Crippen molar-refractivity contribution in [2.45, 2.75) is 283 Å². The van der Waals surface area contributed by atoms with Crippen molar-refractivity contribution < 1.29 is 20.1 Å². The summed E-state index contributed by atoms with van der Waals surface area (Å²) in [4.78, 5) is 12.5. The summed E-state index contributed by atoms with van der Waals surface area (Å²) in [6.45, 7) is 4.22. The summed E-state index contributed by atoms with van der Waals surface area (Å²) in [5, 5.41) is 33.3. The Balaban J connectivity index is 3.58. The van der Waals surface area contributed by atoms with Crippen LogP contribution in [0, 0.1) is 0 Å². The highest BCUT2D eigenvalue weighted by atomic mass is 16.3. The predicted molar refractivity (Wildman–Crippen MR) is 241 cm³/mol. The molecule has 3 unspecified atom stereocenters. The molecule has 0 aromatic carbocycles. The van der Waals surface area contributed by atoms with Crippen LogP contribution in [0.15, 0.2) is 24.3 Å². The molecule has 4 N–H and O–H groups in total. The minimum Gasteiger partial charge on any atom is -0.394 e. The zero-order valence-corrected chi connectivity index (χ0v) is 37.1. The van der Waals surface area contributed by atoms with Crippen molar-refractivity contribution in [2.75, 3.05) is 6.61 Å². The van der Waals surface area contributed by atoms with Crippen LogP contribution in [0.4, 0.5) is 0 Å². The Morgan fingerprint density at radius 2 is 0.782 bits per heavy atom. The van der Waals surface area contributed by atoms with Crippen LogP contribution in [-0.2, 0) is 4.79 Å². The number of aliphatic hydroxyl groups is 3. The molecule has 0 aliphatic carbocycles. The Bertz CT molecular complexity index is 814. The topological polar surface area (TPSA) is 89.8 Å². The summed E-state index contributed by atoms with van der Waals surface area (Å²) < 4.78 is 0. The molecule has 326 valence electrons. The van der Waals surface area contributed by atoms with Gasteiger partial charge in [-0.1, -0.05) is 250 Å². The van der Waals surface area contributed by atoms with Crippen LogP contribution in [0.3, 0.4) is 0 Å². The maximum Gasteiger partial charge on any atom is 0.222 e. The first-order valence-electron chi connectivity index (χ1n) is 24.6. The van der Waals surface area contributed by atoms with E-state index in [1.807, 2.05) is 6.08 Å². The van der Waals surface area contributed by atoms with E-state index in [0.717, 1.165) is 32.1 Å². The van der Waals surface area contributed by atoms with Crippen LogP contribution >= 0.6 is 0 Å². The van der Waals surface area contributed by atoms with Gasteiger partial charge in [0.2, 0.25) is 5.91 Å². The Kier molecular flexibility index (Phi) is 44.6. The first-order chi connectivity index (χ1) is 27.0. The van der Waals surface area contributed by atoms with Crippen LogP contribution in [0.2, 0.25) is 0 Å². The highest BCUT2D eigenvalue weighted by molar-refractivity contribution is 5.76. The Hall–Kier alpha value is -1.17. The normalized spacial score (nSPS) is 13.6. The zero-order chi connectivity index (χ0) is 40.1. The number of rotatable bonds is 45. The maximum absolute atomic E-state index is 12.5. The molecule has 1 amide bonds. The highest BCUT2D eigenvalue weighted by Gasteiger charge is 2.20. The van der Waals surface area contributed by atoms with Gasteiger partial charge in [-0.25, -0.2) is 0 Å². The van der Waals surface area contributed by atoms with Crippen LogP contribution in [0.5, 0.6) is 0 Å². The lowest BCUT2D eigenvalue weighted by Crippen LogP contribution is -2.45. The van der Waals surface area contributed by atoms with E-state index >= 15 is 0 Å². The minimum absolute atomic E-state index is 0.0100. The molecule has 0 aliphatic heterocycles. The van der Waals surface area contributed by atoms with Crippen molar-refractivity contribution in [3.63, 3.8) is 0 Å². The van der Waals surface area contributed by atoms with Crippen molar-refractivity contribution in [1.82, 2.24) is 5.32 Å². The van der Waals surface area contributed by atoms with Crippen molar-refractivity contribution in [2.24, 2.45) is 0 Å². The Labute approximate surface area is 343 Å². The number of carbonyl (C=O) groups excluding carboxylic acids is 1. The van der Waals surface area contributed by atoms with E-state index in [-0.39, 0.29) is 18.9 Å². The van der Waals surface area contributed by atoms with E-state index in [1.54, 1.807) is 6.08 Å². The lowest BCUT2D eigenvalue weighted by Gasteiger charge is -2.21. The van der Waals surface area contributed by atoms with Crippen LogP contribution in [-0.4, -0.2) is 46.1 Å². The second kappa shape index (κ2) is 45.5. The van der Waals surface area contributed by atoms with E-state index in [4.69, 9.17) is 0 Å². The van der Waals surface area contributed by atoms with Gasteiger partial charge < -0.3 is 20.6 Å². The SMILES string of the molecule is CCCCCCCCCCC/C=C/CC/C=C/C(O)C(CO)NC(=O)CC(O)CCCCCCCCCCCCCCCCCCCCCCCCCCC. The second-order valence-corrected chi connectivity index (χ2v) is 17.1. The number of carbonyl (C=O) groups is 1. The molecule has 0 radical (unpaired) electrons. The van der Waals surface area contributed by atoms with Gasteiger partial charge in [0, 0.05) is 0 Å². The minimum atomic E-state index is -0.948. The lowest BCUT2D eigenvalue weighted by atomic mass is 10.0. The fraction of sp³-hybridized carbons (Fsp3) is 0.900. The molecule has 0 saturated carbocycles. The van der Waals surface area contributed by atoms with Crippen LogP contribution in [0.1, 0.15) is 264 Å². The van der Waals surface area contributed by atoms with Gasteiger partial charge in [0.1, 0.15) is 0 Å². The molecule has 0 aliphatic rings. The summed E-state index contributed by atoms with van der Waals surface area (Å²) in [5.74, 6) is -0.321. The van der Waals surface area contributed by atoms with Gasteiger partial charge in [-0.05, 0) is 32.1 Å². The zero-order valence-electron chi connectivity index (χ0n) is 37.1. The summed E-state index contributed by atoms with van der Waals surface area (Å²) in [5.41, 5.74) is 0. The van der Waals surface area contributed by atoms with E-state index in [9.17, 15) is 20.1 Å². The summed E-state index contributed by atoms with van der Waals surface area (Å²) in [6.07, 6.45) is 56.3. The largest absolute Gasteiger partial charge is 0.394 e. The molecule has 5 nitrogen and oxygen atoms in total. The summed E-state index contributed by atoms with van der Waals surface area (Å²) in [6, 6.07) is -0.757. The van der Waals surface area contributed by atoms with Crippen molar-refractivity contribution in [3.8, 4) is 0 Å². The number of hydrogen-bond donors (Lipinski definition) is 4. The average molecular weight is 776 g/mol. The monoisotopic (exact) mass is 776 g/mol. The van der Waals surface area contributed by atoms with E-state index in [2.05, 4.69) is 31.3 Å². The summed E-state index contributed by atoms with van der Waals surface area (Å²) in [7, 11) is 0. The van der Waals surface area contributed by atoms with Crippen molar-refractivity contribution >= 4 is 5.91 Å². The van der Waals surface area contributed by atoms with Gasteiger partial charge in [-0.2, -0.15) is 0 Å². The van der Waals surface area contributed by atoms with Crippen LogP contribution < -0.4 is 5.32 Å². The van der Waals surface area contributed by atoms with E-state index in [0.29, 0.717) is 6.42 Å². The molecule has 0 aromatic rings. The molecule has 55 heavy (non-hydrogen) atoms. The Morgan fingerprint density at radius 1 is 0.455 bits per heavy atom. The fourth-order valence-electron chi connectivity index (χ4n) is 7.71. The van der Waals surface area contributed by atoms with Gasteiger partial charge >= 0.3 is 0 Å². The molecular formula is C50H97NO4. The van der Waals surface area contributed by atoms with Crippen molar-refractivity contribution in [1.29, 1.82) is 0 Å². The average Bonchev–Trinajstić information content (AvgIpc) is 3.18. The number of amides is 1. The predicted octanol–water partition coefficient (Wildman–Crippen LogP) is 14.6. The first kappa shape index (κ1) is 53.8. The first-order valence-corrected chi connectivity index (χ1v) is 24.6. The second-order valence-electron chi connectivity index (χ2n) is 17.1. The third-order valence-corrected chi connectivity index (χ3v) is 11.5. The smallest absolute Gasteiger partial charge is 0.222 e. The third kappa shape index (κ3) is 42.3. The van der Waals surface area contributed by atoms with Gasteiger partial charge in [0.15, 0.2) is 0 Å². The standard InChI is InChI=1S/C50H97NO4/c1-3-5-7-9-11-13-15-17-19-20-21-22-23-24-25-26-27-28-30-31-33-35-37-39-41-43-47(53)45-50(55)51-48(46-52)49(54)44-42-40-38-36-34-32-29-18-16-14-12-10-8-6-4-2/h34,36,42,44,47-49,52-54H,3-33,35,37-41,43,45-46H2,1-2H3,(H,51,55)/b36-34+,44-42+. The third-order valence-electron chi connectivity index (χ3n) is 11.5. The quantitative estimate of drug-likeness (QED) is 0.0366. The molecule has 0 spiro atoms. The number of unbranched alkanes of at least 4 members (excludes halogenated alkanes) is 34. The van der Waals surface area contributed by atoms with Gasteiger partial charge in [0.25, 0.3) is 0 Å². The molecule has 5 heteroatoms. The highest BCUT2D eigenvalue weighted by Crippen LogP contribution is 2.17. The van der Waals surface area contributed by atoms with Gasteiger partial charge in [-0.3, -0.25) is 4.79 Å². The number of aliphatic hydroxyl groups excluding tert-OH is 3.